The van der Waals surface area contributed by atoms with E-state index in [-0.39, 0.29) is 12.1 Å². The van der Waals surface area contributed by atoms with E-state index in [2.05, 4.69) is 29.8 Å². The summed E-state index contributed by atoms with van der Waals surface area (Å²) in [6, 6.07) is 4.44. The fraction of sp³-hybridized carbons (Fsp3) is 0.714. The second-order valence-electron chi connectivity index (χ2n) is 5.48. The van der Waals surface area contributed by atoms with Crippen LogP contribution >= 0.6 is 22.9 Å². The minimum absolute atomic E-state index is 0.110. The molecule has 1 aromatic heterocycles. The Morgan fingerprint density at radius 2 is 2.11 bits per heavy atom. The van der Waals surface area contributed by atoms with E-state index < -0.39 is 0 Å². The Morgan fingerprint density at radius 3 is 2.63 bits per heavy atom. The zero-order valence-corrected chi connectivity index (χ0v) is 13.4. The highest BCUT2D eigenvalue weighted by Gasteiger charge is 2.23. The van der Waals surface area contributed by atoms with Crippen molar-refractivity contribution in [2.75, 3.05) is 33.2 Å². The van der Waals surface area contributed by atoms with E-state index >= 15 is 0 Å². The second-order valence-corrected chi connectivity index (χ2v) is 7.22. The molecule has 5 heteroatoms. The minimum Gasteiger partial charge on any atom is -0.326 e. The first kappa shape index (κ1) is 15.3. The van der Waals surface area contributed by atoms with E-state index in [1.54, 1.807) is 11.3 Å². The standard InChI is InChI=1S/C14H24ClN3S/c1-11(16)14(12-5-6-13(15)19-12)17(2)9-10-18-7-3-4-8-18/h5-6,11,14H,3-4,7-10,16H2,1-2H3. The smallest absolute Gasteiger partial charge is 0.0931 e. The molecule has 0 saturated carbocycles. The first-order valence-corrected chi connectivity index (χ1v) is 8.21. The van der Waals surface area contributed by atoms with Crippen LogP contribution in [0.2, 0.25) is 4.34 Å². The van der Waals surface area contributed by atoms with Crippen LogP contribution in [0.1, 0.15) is 30.7 Å². The van der Waals surface area contributed by atoms with Crippen LogP contribution in [0.4, 0.5) is 0 Å². The number of nitrogens with zero attached hydrogens (tertiary/aromatic N) is 2. The zero-order valence-electron chi connectivity index (χ0n) is 11.8. The van der Waals surface area contributed by atoms with E-state index in [1.165, 1.54) is 30.8 Å². The molecule has 1 aliphatic rings. The number of likely N-dealkylation sites (N-methyl/N-ethyl adjacent to an activating group) is 1. The van der Waals surface area contributed by atoms with E-state index in [4.69, 9.17) is 17.3 Å². The lowest BCUT2D eigenvalue weighted by Gasteiger charge is -2.31. The first-order chi connectivity index (χ1) is 9.08. The molecule has 0 radical (unpaired) electrons. The number of hydrogen-bond acceptors (Lipinski definition) is 4. The normalized spacial score (nSPS) is 20.1. The van der Waals surface area contributed by atoms with Crippen LogP contribution in [0.3, 0.4) is 0 Å². The van der Waals surface area contributed by atoms with Gasteiger partial charge in [0, 0.05) is 24.0 Å². The van der Waals surface area contributed by atoms with E-state index in [0.717, 1.165) is 17.4 Å². The molecule has 2 atom stereocenters. The van der Waals surface area contributed by atoms with Gasteiger partial charge in [-0.25, -0.2) is 0 Å². The highest BCUT2D eigenvalue weighted by molar-refractivity contribution is 7.16. The van der Waals surface area contributed by atoms with E-state index in [0.29, 0.717) is 0 Å². The lowest BCUT2D eigenvalue weighted by molar-refractivity contribution is 0.191. The second kappa shape index (κ2) is 7.04. The molecule has 0 amide bonds. The van der Waals surface area contributed by atoms with Crippen LogP contribution in [0.25, 0.3) is 0 Å². The molecule has 0 bridgehead atoms. The van der Waals surface area contributed by atoms with Gasteiger partial charge in [0.05, 0.1) is 10.4 Å². The molecule has 1 saturated heterocycles. The third-order valence-electron chi connectivity index (χ3n) is 3.83. The summed E-state index contributed by atoms with van der Waals surface area (Å²) in [5.74, 6) is 0. The topological polar surface area (TPSA) is 32.5 Å². The number of halogens is 1. The molecule has 0 spiro atoms. The summed E-state index contributed by atoms with van der Waals surface area (Å²) in [6.45, 7) is 6.77. The Hall–Kier alpha value is -0.130. The van der Waals surface area contributed by atoms with Crippen LogP contribution in [-0.4, -0.2) is 49.1 Å². The molecule has 1 fully saturated rings. The monoisotopic (exact) mass is 301 g/mol. The summed E-state index contributed by atoms with van der Waals surface area (Å²) in [5.41, 5.74) is 6.17. The van der Waals surface area contributed by atoms with Gasteiger partial charge in [0.25, 0.3) is 0 Å². The molecule has 19 heavy (non-hydrogen) atoms. The first-order valence-electron chi connectivity index (χ1n) is 7.01. The maximum Gasteiger partial charge on any atom is 0.0931 e. The van der Waals surface area contributed by atoms with Crippen molar-refractivity contribution in [3.63, 3.8) is 0 Å². The van der Waals surface area contributed by atoms with Crippen molar-refractivity contribution in [2.45, 2.75) is 31.8 Å². The SMILES string of the molecule is CC(N)C(c1ccc(Cl)s1)N(C)CCN1CCCC1. The molecular formula is C14H24ClN3S. The molecule has 2 rings (SSSR count). The van der Waals surface area contributed by atoms with Crippen molar-refractivity contribution in [3.8, 4) is 0 Å². The van der Waals surface area contributed by atoms with Gasteiger partial charge in [-0.05, 0) is 52.0 Å². The zero-order chi connectivity index (χ0) is 13.8. The largest absolute Gasteiger partial charge is 0.326 e. The highest BCUT2D eigenvalue weighted by atomic mass is 35.5. The number of thiophene rings is 1. The average Bonchev–Trinajstić information content (AvgIpc) is 2.98. The lowest BCUT2D eigenvalue weighted by Crippen LogP contribution is -2.40. The molecule has 2 unspecified atom stereocenters. The minimum atomic E-state index is 0.110. The summed E-state index contributed by atoms with van der Waals surface area (Å²) < 4.78 is 0.841. The van der Waals surface area contributed by atoms with Crippen LogP contribution in [0, 0.1) is 0 Å². The molecule has 2 heterocycles. The summed E-state index contributed by atoms with van der Waals surface area (Å²) in [5, 5.41) is 0. The Balaban J connectivity index is 1.94. The predicted octanol–water partition coefficient (Wildman–Crippen LogP) is 2.82. The third kappa shape index (κ3) is 4.17. The van der Waals surface area contributed by atoms with Crippen LogP contribution < -0.4 is 5.73 Å². The van der Waals surface area contributed by atoms with Crippen molar-refractivity contribution < 1.29 is 0 Å². The van der Waals surface area contributed by atoms with Crippen molar-refractivity contribution >= 4 is 22.9 Å². The number of nitrogens with two attached hydrogens (primary N) is 1. The van der Waals surface area contributed by atoms with Crippen molar-refractivity contribution in [1.82, 2.24) is 9.80 Å². The Bertz CT molecular complexity index is 388. The van der Waals surface area contributed by atoms with Gasteiger partial charge in [-0.2, -0.15) is 0 Å². The van der Waals surface area contributed by atoms with Gasteiger partial charge in [-0.3, -0.25) is 4.90 Å². The Kier molecular flexibility index (Phi) is 5.66. The van der Waals surface area contributed by atoms with Crippen LogP contribution in [0.5, 0.6) is 0 Å². The maximum absolute atomic E-state index is 6.17. The van der Waals surface area contributed by atoms with Gasteiger partial charge in [-0.1, -0.05) is 11.6 Å². The van der Waals surface area contributed by atoms with Gasteiger partial charge in [0.15, 0.2) is 0 Å². The maximum atomic E-state index is 6.17. The van der Waals surface area contributed by atoms with Crippen molar-refractivity contribution in [2.24, 2.45) is 5.73 Å². The van der Waals surface area contributed by atoms with Crippen LogP contribution in [-0.2, 0) is 0 Å². The fourth-order valence-corrected chi connectivity index (χ4v) is 4.15. The number of likely N-dealkylation sites (tertiary alicyclic amines) is 1. The molecular weight excluding hydrogens is 278 g/mol. The number of rotatable bonds is 6. The van der Waals surface area contributed by atoms with Gasteiger partial charge in [-0.15, -0.1) is 11.3 Å². The fourth-order valence-electron chi connectivity index (χ4n) is 2.81. The Labute approximate surface area is 125 Å². The highest BCUT2D eigenvalue weighted by Crippen LogP contribution is 2.31. The molecule has 0 aromatic carbocycles. The Morgan fingerprint density at radius 1 is 1.42 bits per heavy atom. The third-order valence-corrected chi connectivity index (χ3v) is 5.13. The van der Waals surface area contributed by atoms with Crippen LogP contribution in [0.15, 0.2) is 12.1 Å². The molecule has 3 nitrogen and oxygen atoms in total. The average molecular weight is 302 g/mol. The molecule has 2 N–H and O–H groups in total. The molecule has 1 aliphatic heterocycles. The van der Waals surface area contributed by atoms with Crippen molar-refractivity contribution in [3.05, 3.63) is 21.3 Å². The van der Waals surface area contributed by atoms with E-state index in [1.807, 2.05) is 6.07 Å². The molecule has 1 aromatic rings. The van der Waals surface area contributed by atoms with Gasteiger partial charge in [0.2, 0.25) is 0 Å². The van der Waals surface area contributed by atoms with Gasteiger partial charge < -0.3 is 10.6 Å². The lowest BCUT2D eigenvalue weighted by atomic mass is 10.1. The quantitative estimate of drug-likeness (QED) is 0.877. The summed E-state index contributed by atoms with van der Waals surface area (Å²) in [4.78, 5) is 6.17. The van der Waals surface area contributed by atoms with E-state index in [9.17, 15) is 0 Å². The summed E-state index contributed by atoms with van der Waals surface area (Å²) >= 11 is 7.69. The molecule has 0 aliphatic carbocycles. The molecule has 108 valence electrons. The summed E-state index contributed by atoms with van der Waals surface area (Å²) in [6.07, 6.45) is 2.70. The van der Waals surface area contributed by atoms with Crippen molar-refractivity contribution in [1.29, 1.82) is 0 Å². The summed E-state index contributed by atoms with van der Waals surface area (Å²) in [7, 11) is 2.16. The van der Waals surface area contributed by atoms with Gasteiger partial charge in [0.1, 0.15) is 0 Å². The number of hydrogen-bond donors (Lipinski definition) is 1. The van der Waals surface area contributed by atoms with Gasteiger partial charge >= 0.3 is 0 Å². The predicted molar refractivity (Wildman–Crippen MR) is 84.0 cm³/mol.